The Morgan fingerprint density at radius 1 is 1.09 bits per heavy atom. The van der Waals surface area contributed by atoms with Gasteiger partial charge >= 0.3 is 0 Å². The minimum Gasteiger partial charge on any atom is -0.390 e. The molecule has 0 aliphatic carbocycles. The quantitative estimate of drug-likeness (QED) is 0.681. The van der Waals surface area contributed by atoms with Gasteiger partial charge in [0.15, 0.2) is 0 Å². The highest BCUT2D eigenvalue weighted by atomic mass is 31.2. The molecule has 4 heteroatoms. The molecule has 1 fully saturated rings. The van der Waals surface area contributed by atoms with Crippen LogP contribution in [-0.4, -0.2) is 29.1 Å². The zero-order chi connectivity index (χ0) is 15.8. The van der Waals surface area contributed by atoms with E-state index < -0.39 is 18.8 Å². The number of aliphatic hydroxyl groups is 1. The lowest BCUT2D eigenvalue weighted by Crippen LogP contribution is -2.29. The highest BCUT2D eigenvalue weighted by Crippen LogP contribution is 2.52. The zero-order valence-corrected chi connectivity index (χ0v) is 13.7. The van der Waals surface area contributed by atoms with Gasteiger partial charge in [0.25, 0.3) is 0 Å². The Labute approximate surface area is 131 Å². The summed E-state index contributed by atoms with van der Waals surface area (Å²) in [6.45, 7) is 3.60. The topological polar surface area (TPSA) is 49.8 Å². The molecule has 0 spiro atoms. The van der Waals surface area contributed by atoms with Gasteiger partial charge in [-0.15, -0.1) is 0 Å². The molecular formula is C18H21O3P. The van der Waals surface area contributed by atoms with E-state index in [-0.39, 0.29) is 6.10 Å². The van der Waals surface area contributed by atoms with Gasteiger partial charge in [0.1, 0.15) is 12.7 Å². The SMILES string of the molecule is C[C@H](O)[C@@]1(C)O[C@@H]1CP(=O)(c1ccccc1)c1ccccc1. The second kappa shape index (κ2) is 5.66. The Kier molecular flexibility index (Phi) is 3.98. The fourth-order valence-corrected chi connectivity index (χ4v) is 5.72. The first-order valence-corrected chi connectivity index (χ1v) is 9.42. The molecule has 1 heterocycles. The Hall–Kier alpha value is -1.41. The van der Waals surface area contributed by atoms with E-state index in [0.717, 1.165) is 10.6 Å². The maximum absolute atomic E-state index is 13.8. The zero-order valence-electron chi connectivity index (χ0n) is 12.8. The Morgan fingerprint density at radius 2 is 1.55 bits per heavy atom. The average Bonchev–Trinajstić information content (AvgIpc) is 3.20. The number of benzene rings is 2. The van der Waals surface area contributed by atoms with Crippen LogP contribution in [-0.2, 0) is 9.30 Å². The molecule has 3 nitrogen and oxygen atoms in total. The largest absolute Gasteiger partial charge is 0.390 e. The third kappa shape index (κ3) is 2.65. The first kappa shape index (κ1) is 15.5. The normalized spacial score (nSPS) is 25.7. The van der Waals surface area contributed by atoms with Gasteiger partial charge in [-0.1, -0.05) is 60.7 Å². The van der Waals surface area contributed by atoms with Gasteiger partial charge in [0.05, 0.1) is 12.2 Å². The van der Waals surface area contributed by atoms with E-state index >= 15 is 0 Å². The molecule has 0 bridgehead atoms. The van der Waals surface area contributed by atoms with Gasteiger partial charge in [-0.3, -0.25) is 0 Å². The van der Waals surface area contributed by atoms with Crippen LogP contribution in [0.25, 0.3) is 0 Å². The van der Waals surface area contributed by atoms with Crippen LogP contribution >= 0.6 is 7.14 Å². The van der Waals surface area contributed by atoms with E-state index in [0.29, 0.717) is 6.16 Å². The Morgan fingerprint density at radius 3 is 1.91 bits per heavy atom. The molecule has 3 atom stereocenters. The molecule has 2 aromatic rings. The number of epoxide rings is 1. The minimum atomic E-state index is -2.77. The molecule has 0 unspecified atom stereocenters. The third-order valence-corrected chi connectivity index (χ3v) is 7.69. The van der Waals surface area contributed by atoms with Crippen LogP contribution in [0.15, 0.2) is 60.7 Å². The number of hydrogen-bond donors (Lipinski definition) is 1. The molecule has 22 heavy (non-hydrogen) atoms. The monoisotopic (exact) mass is 316 g/mol. The lowest BCUT2D eigenvalue weighted by Gasteiger charge is -2.19. The van der Waals surface area contributed by atoms with Crippen molar-refractivity contribution in [3.8, 4) is 0 Å². The average molecular weight is 316 g/mol. The van der Waals surface area contributed by atoms with Crippen LogP contribution < -0.4 is 10.6 Å². The molecule has 0 saturated carbocycles. The van der Waals surface area contributed by atoms with Crippen LogP contribution in [0.5, 0.6) is 0 Å². The van der Waals surface area contributed by atoms with Crippen molar-refractivity contribution in [1.82, 2.24) is 0 Å². The summed E-state index contributed by atoms with van der Waals surface area (Å²) in [4.78, 5) is 0. The van der Waals surface area contributed by atoms with Crippen molar-refractivity contribution in [2.45, 2.75) is 31.7 Å². The second-order valence-electron chi connectivity index (χ2n) is 6.06. The summed E-state index contributed by atoms with van der Waals surface area (Å²) in [6.07, 6.45) is -0.334. The number of rotatable bonds is 5. The summed E-state index contributed by atoms with van der Waals surface area (Å²) in [5.74, 6) is 0. The highest BCUT2D eigenvalue weighted by molar-refractivity contribution is 7.78. The number of ether oxygens (including phenoxy) is 1. The highest BCUT2D eigenvalue weighted by Gasteiger charge is 2.58. The van der Waals surface area contributed by atoms with Crippen molar-refractivity contribution in [2.75, 3.05) is 6.16 Å². The molecule has 1 N–H and O–H groups in total. The summed E-state index contributed by atoms with van der Waals surface area (Å²) in [6, 6.07) is 19.1. The smallest absolute Gasteiger partial charge is 0.145 e. The Balaban J connectivity index is 1.97. The maximum atomic E-state index is 13.8. The molecule has 116 valence electrons. The summed E-state index contributed by atoms with van der Waals surface area (Å²) >= 11 is 0. The van der Waals surface area contributed by atoms with E-state index in [1.165, 1.54) is 0 Å². The van der Waals surface area contributed by atoms with E-state index in [2.05, 4.69) is 0 Å². The van der Waals surface area contributed by atoms with Crippen molar-refractivity contribution in [3.05, 3.63) is 60.7 Å². The van der Waals surface area contributed by atoms with E-state index in [1.54, 1.807) is 6.92 Å². The van der Waals surface area contributed by atoms with E-state index in [4.69, 9.17) is 4.74 Å². The van der Waals surface area contributed by atoms with Crippen LogP contribution in [0.4, 0.5) is 0 Å². The van der Waals surface area contributed by atoms with Gasteiger partial charge in [-0.05, 0) is 13.8 Å². The fourth-order valence-electron chi connectivity index (χ4n) is 2.79. The van der Waals surface area contributed by atoms with Gasteiger partial charge < -0.3 is 14.4 Å². The van der Waals surface area contributed by atoms with Gasteiger partial charge in [-0.2, -0.15) is 0 Å². The second-order valence-corrected chi connectivity index (χ2v) is 8.94. The number of aliphatic hydroxyl groups excluding tert-OH is 1. The van der Waals surface area contributed by atoms with E-state index in [9.17, 15) is 9.67 Å². The Bertz CT molecular complexity index is 640. The predicted molar refractivity (Wildman–Crippen MR) is 89.6 cm³/mol. The van der Waals surface area contributed by atoms with Crippen LogP contribution in [0, 0.1) is 0 Å². The molecule has 1 saturated heterocycles. The van der Waals surface area contributed by atoms with E-state index in [1.807, 2.05) is 67.6 Å². The molecule has 0 amide bonds. The molecule has 0 aromatic heterocycles. The van der Waals surface area contributed by atoms with Gasteiger partial charge in [0, 0.05) is 16.8 Å². The fraction of sp³-hybridized carbons (Fsp3) is 0.333. The molecular weight excluding hydrogens is 295 g/mol. The van der Waals surface area contributed by atoms with Crippen LogP contribution in [0.1, 0.15) is 13.8 Å². The molecule has 0 radical (unpaired) electrons. The van der Waals surface area contributed by atoms with Crippen molar-refractivity contribution in [2.24, 2.45) is 0 Å². The van der Waals surface area contributed by atoms with Crippen molar-refractivity contribution >= 4 is 17.8 Å². The summed E-state index contributed by atoms with van der Waals surface area (Å²) in [5.41, 5.74) is -0.584. The molecule has 2 aromatic carbocycles. The maximum Gasteiger partial charge on any atom is 0.145 e. The molecule has 1 aliphatic heterocycles. The molecule has 1 aliphatic rings. The minimum absolute atomic E-state index is 0.182. The van der Waals surface area contributed by atoms with Crippen LogP contribution in [0.3, 0.4) is 0 Å². The summed E-state index contributed by atoms with van der Waals surface area (Å²) < 4.78 is 19.5. The first-order chi connectivity index (χ1) is 10.5. The standard InChI is InChI=1S/C18H21O3P/c1-14(19)18(2)17(21-18)13-22(20,15-9-5-3-6-10-15)16-11-7-4-8-12-16/h3-12,14,17,19H,13H2,1-2H3/t14-,17+,18+/m0/s1. The first-order valence-electron chi connectivity index (χ1n) is 7.53. The number of hydrogen-bond acceptors (Lipinski definition) is 3. The van der Waals surface area contributed by atoms with Crippen LogP contribution in [0.2, 0.25) is 0 Å². The lowest BCUT2D eigenvalue weighted by molar-refractivity contribution is 0.101. The lowest BCUT2D eigenvalue weighted by atomic mass is 10.0. The summed E-state index contributed by atoms with van der Waals surface area (Å²) in [5, 5.41) is 11.5. The van der Waals surface area contributed by atoms with Crippen molar-refractivity contribution in [3.63, 3.8) is 0 Å². The van der Waals surface area contributed by atoms with Gasteiger partial charge in [0.2, 0.25) is 0 Å². The van der Waals surface area contributed by atoms with Crippen molar-refractivity contribution in [1.29, 1.82) is 0 Å². The summed E-state index contributed by atoms with van der Waals surface area (Å²) in [7, 11) is -2.77. The van der Waals surface area contributed by atoms with Gasteiger partial charge in [-0.25, -0.2) is 0 Å². The van der Waals surface area contributed by atoms with Crippen molar-refractivity contribution < 1.29 is 14.4 Å². The molecule has 3 rings (SSSR count). The third-order valence-electron chi connectivity index (χ3n) is 4.58. The predicted octanol–water partition coefficient (Wildman–Crippen LogP) is 2.54.